The summed E-state index contributed by atoms with van der Waals surface area (Å²) in [7, 11) is 0. The summed E-state index contributed by atoms with van der Waals surface area (Å²) in [5, 5.41) is 12.4. The first-order valence-electron chi connectivity index (χ1n) is 7.08. The molecule has 0 radical (unpaired) electrons. The van der Waals surface area contributed by atoms with Gasteiger partial charge in [-0.25, -0.2) is 9.97 Å². The largest absolute Gasteiger partial charge is 0.387 e. The molecule has 21 heavy (non-hydrogen) atoms. The average molecular weight is 305 g/mol. The number of morpholine rings is 1. The highest BCUT2D eigenvalue weighted by Crippen LogP contribution is 2.27. The summed E-state index contributed by atoms with van der Waals surface area (Å²) >= 11 is 1.58. The molecule has 2 aromatic rings. The number of nitrogens with zero attached hydrogens (tertiary/aromatic N) is 3. The standard InChI is InChI=1S/C15H19N3O2S/c1-11-7-15(17-10-16-11)18-4-5-20-9-12(18)8-13(19)14-3-2-6-21-14/h2-3,6-7,10,12-13,19H,4-5,8-9H2,1H3. The van der Waals surface area contributed by atoms with Gasteiger partial charge in [-0.15, -0.1) is 11.3 Å². The average Bonchev–Trinajstić information content (AvgIpc) is 3.02. The van der Waals surface area contributed by atoms with Crippen LogP contribution in [0.2, 0.25) is 0 Å². The molecule has 0 amide bonds. The smallest absolute Gasteiger partial charge is 0.132 e. The molecule has 0 saturated carbocycles. The second kappa shape index (κ2) is 6.51. The number of anilines is 1. The van der Waals surface area contributed by atoms with Gasteiger partial charge in [-0.1, -0.05) is 6.07 Å². The zero-order chi connectivity index (χ0) is 14.7. The van der Waals surface area contributed by atoms with E-state index in [1.807, 2.05) is 30.5 Å². The van der Waals surface area contributed by atoms with E-state index in [2.05, 4.69) is 14.9 Å². The van der Waals surface area contributed by atoms with Crippen molar-refractivity contribution in [2.45, 2.75) is 25.5 Å². The summed E-state index contributed by atoms with van der Waals surface area (Å²) in [5.41, 5.74) is 0.948. The van der Waals surface area contributed by atoms with Crippen molar-refractivity contribution in [2.75, 3.05) is 24.7 Å². The Hall–Kier alpha value is -1.50. The van der Waals surface area contributed by atoms with Crippen LogP contribution < -0.4 is 4.90 Å². The molecule has 3 rings (SSSR count). The minimum atomic E-state index is -0.456. The molecule has 6 heteroatoms. The lowest BCUT2D eigenvalue weighted by Gasteiger charge is -2.37. The number of ether oxygens (including phenoxy) is 1. The van der Waals surface area contributed by atoms with Gasteiger partial charge in [-0.2, -0.15) is 0 Å². The molecule has 0 aliphatic carbocycles. The van der Waals surface area contributed by atoms with Crippen LogP contribution in [0.1, 0.15) is 23.1 Å². The second-order valence-electron chi connectivity index (χ2n) is 5.21. The number of thiophene rings is 1. The summed E-state index contributed by atoms with van der Waals surface area (Å²) < 4.78 is 5.59. The van der Waals surface area contributed by atoms with Gasteiger partial charge in [0, 0.05) is 29.6 Å². The van der Waals surface area contributed by atoms with E-state index < -0.39 is 6.10 Å². The Morgan fingerprint density at radius 3 is 3.19 bits per heavy atom. The van der Waals surface area contributed by atoms with Gasteiger partial charge in [0.05, 0.1) is 25.4 Å². The van der Waals surface area contributed by atoms with E-state index in [9.17, 15) is 5.11 Å². The van der Waals surface area contributed by atoms with Crippen molar-refractivity contribution >= 4 is 17.2 Å². The molecule has 0 aromatic carbocycles. The monoisotopic (exact) mass is 305 g/mol. The van der Waals surface area contributed by atoms with E-state index in [4.69, 9.17) is 4.74 Å². The highest BCUT2D eigenvalue weighted by molar-refractivity contribution is 7.10. The Balaban J connectivity index is 1.75. The molecule has 0 bridgehead atoms. The third kappa shape index (κ3) is 3.40. The van der Waals surface area contributed by atoms with Crippen molar-refractivity contribution in [2.24, 2.45) is 0 Å². The molecule has 2 aromatic heterocycles. The SMILES string of the molecule is Cc1cc(N2CCOCC2CC(O)c2cccs2)ncn1. The maximum Gasteiger partial charge on any atom is 0.132 e. The number of aliphatic hydroxyl groups excluding tert-OH is 1. The fraction of sp³-hybridized carbons (Fsp3) is 0.467. The van der Waals surface area contributed by atoms with Crippen LogP contribution >= 0.6 is 11.3 Å². The highest BCUT2D eigenvalue weighted by Gasteiger charge is 2.27. The Morgan fingerprint density at radius 2 is 2.43 bits per heavy atom. The third-order valence-electron chi connectivity index (χ3n) is 3.68. The van der Waals surface area contributed by atoms with Crippen molar-refractivity contribution in [3.05, 3.63) is 40.5 Å². The zero-order valence-corrected chi connectivity index (χ0v) is 12.8. The number of hydrogen-bond donors (Lipinski definition) is 1. The van der Waals surface area contributed by atoms with E-state index in [1.165, 1.54) is 0 Å². The van der Waals surface area contributed by atoms with Gasteiger partial charge in [-0.05, 0) is 18.4 Å². The van der Waals surface area contributed by atoms with E-state index in [-0.39, 0.29) is 6.04 Å². The zero-order valence-electron chi connectivity index (χ0n) is 12.0. The molecule has 3 heterocycles. The maximum atomic E-state index is 10.4. The quantitative estimate of drug-likeness (QED) is 0.938. The number of hydrogen-bond acceptors (Lipinski definition) is 6. The van der Waals surface area contributed by atoms with E-state index in [0.29, 0.717) is 19.6 Å². The van der Waals surface area contributed by atoms with Crippen molar-refractivity contribution < 1.29 is 9.84 Å². The molecular formula is C15H19N3O2S. The van der Waals surface area contributed by atoms with Gasteiger partial charge in [0.1, 0.15) is 12.1 Å². The molecule has 5 nitrogen and oxygen atoms in total. The predicted octanol–water partition coefficient (Wildman–Crippen LogP) is 2.18. The Bertz CT molecular complexity index is 576. The molecule has 1 fully saturated rings. The van der Waals surface area contributed by atoms with Crippen LogP contribution in [0.5, 0.6) is 0 Å². The van der Waals surface area contributed by atoms with Crippen molar-refractivity contribution in [3.8, 4) is 0 Å². The molecule has 1 aliphatic rings. The topological polar surface area (TPSA) is 58.5 Å². The third-order valence-corrected chi connectivity index (χ3v) is 4.65. The Labute approximate surface area is 128 Å². The Kier molecular flexibility index (Phi) is 4.48. The van der Waals surface area contributed by atoms with Crippen LogP contribution in [0, 0.1) is 6.92 Å². The van der Waals surface area contributed by atoms with Gasteiger partial charge in [0.25, 0.3) is 0 Å². The van der Waals surface area contributed by atoms with E-state index in [1.54, 1.807) is 17.7 Å². The van der Waals surface area contributed by atoms with Crippen molar-refractivity contribution in [3.63, 3.8) is 0 Å². The van der Waals surface area contributed by atoms with Crippen molar-refractivity contribution in [1.29, 1.82) is 0 Å². The minimum Gasteiger partial charge on any atom is -0.387 e. The predicted molar refractivity (Wildman–Crippen MR) is 82.6 cm³/mol. The van der Waals surface area contributed by atoms with Crippen LogP contribution in [0.4, 0.5) is 5.82 Å². The molecule has 1 aliphatic heterocycles. The first kappa shape index (κ1) is 14.4. The molecule has 1 saturated heterocycles. The van der Waals surface area contributed by atoms with Crippen LogP contribution in [0.3, 0.4) is 0 Å². The fourth-order valence-corrected chi connectivity index (χ4v) is 3.33. The summed E-state index contributed by atoms with van der Waals surface area (Å²) in [4.78, 5) is 11.7. The molecule has 2 unspecified atom stereocenters. The second-order valence-corrected chi connectivity index (χ2v) is 6.19. The van der Waals surface area contributed by atoms with Crippen LogP contribution in [-0.2, 0) is 4.74 Å². The minimum absolute atomic E-state index is 0.130. The number of aromatic nitrogens is 2. The lowest BCUT2D eigenvalue weighted by molar-refractivity contribution is 0.0684. The van der Waals surface area contributed by atoms with Gasteiger partial charge in [0.2, 0.25) is 0 Å². The summed E-state index contributed by atoms with van der Waals surface area (Å²) in [5.74, 6) is 0.911. The summed E-state index contributed by atoms with van der Waals surface area (Å²) in [6.07, 6.45) is 1.78. The molecule has 2 atom stereocenters. The number of aryl methyl sites for hydroxylation is 1. The lowest BCUT2D eigenvalue weighted by atomic mass is 10.1. The van der Waals surface area contributed by atoms with Crippen LogP contribution in [0.25, 0.3) is 0 Å². The van der Waals surface area contributed by atoms with E-state index >= 15 is 0 Å². The molecule has 0 spiro atoms. The lowest BCUT2D eigenvalue weighted by Crippen LogP contribution is -2.46. The normalized spacial score (nSPS) is 20.5. The summed E-state index contributed by atoms with van der Waals surface area (Å²) in [6, 6.07) is 6.05. The maximum absolute atomic E-state index is 10.4. The fourth-order valence-electron chi connectivity index (χ4n) is 2.60. The van der Waals surface area contributed by atoms with Gasteiger partial charge in [0.15, 0.2) is 0 Å². The molecule has 1 N–H and O–H groups in total. The van der Waals surface area contributed by atoms with Crippen LogP contribution in [-0.4, -0.2) is 40.9 Å². The van der Waals surface area contributed by atoms with Crippen LogP contribution in [0.15, 0.2) is 29.9 Å². The van der Waals surface area contributed by atoms with E-state index in [0.717, 1.165) is 22.9 Å². The van der Waals surface area contributed by atoms with Gasteiger partial charge in [-0.3, -0.25) is 0 Å². The highest BCUT2D eigenvalue weighted by atomic mass is 32.1. The van der Waals surface area contributed by atoms with Gasteiger partial charge >= 0.3 is 0 Å². The summed E-state index contributed by atoms with van der Waals surface area (Å²) in [6.45, 7) is 4.06. The number of aliphatic hydroxyl groups is 1. The molecular weight excluding hydrogens is 286 g/mol. The first-order valence-corrected chi connectivity index (χ1v) is 7.96. The Morgan fingerprint density at radius 1 is 1.52 bits per heavy atom. The molecule has 112 valence electrons. The number of rotatable bonds is 4. The van der Waals surface area contributed by atoms with Gasteiger partial charge < -0.3 is 14.7 Å². The van der Waals surface area contributed by atoms with Crippen molar-refractivity contribution in [1.82, 2.24) is 9.97 Å². The first-order chi connectivity index (χ1) is 10.2.